The number of benzene rings is 1. The van der Waals surface area contributed by atoms with Crippen LogP contribution in [0.3, 0.4) is 0 Å². The average molecular weight is 260 g/mol. The Kier molecular flexibility index (Phi) is 3.67. The molecular formula is C16H20O3. The van der Waals surface area contributed by atoms with E-state index in [0.717, 1.165) is 37.9 Å². The van der Waals surface area contributed by atoms with E-state index in [1.165, 1.54) is 6.42 Å². The highest BCUT2D eigenvalue weighted by molar-refractivity contribution is 5.96. The highest BCUT2D eigenvalue weighted by atomic mass is 16.7. The zero-order valence-electron chi connectivity index (χ0n) is 11.1. The number of hydrogen-bond donors (Lipinski definition) is 0. The fourth-order valence-corrected chi connectivity index (χ4v) is 3.01. The topological polar surface area (TPSA) is 35.5 Å². The van der Waals surface area contributed by atoms with Crippen molar-refractivity contribution in [1.82, 2.24) is 0 Å². The number of ether oxygens (including phenoxy) is 2. The van der Waals surface area contributed by atoms with Crippen molar-refractivity contribution in [3.8, 4) is 0 Å². The molecule has 0 amide bonds. The summed E-state index contributed by atoms with van der Waals surface area (Å²) in [7, 11) is 0. The van der Waals surface area contributed by atoms with Gasteiger partial charge in [-0.25, -0.2) is 0 Å². The molecule has 2 atom stereocenters. The number of Topliss-reactive ketones (excluding diaryl/α,β-unsaturated/α-hetero) is 1. The van der Waals surface area contributed by atoms with Crippen LogP contribution in [0.25, 0.3) is 0 Å². The third-order valence-electron chi connectivity index (χ3n) is 4.05. The van der Waals surface area contributed by atoms with Crippen LogP contribution >= 0.6 is 0 Å². The van der Waals surface area contributed by atoms with Gasteiger partial charge in [0.2, 0.25) is 0 Å². The predicted molar refractivity (Wildman–Crippen MR) is 72.0 cm³/mol. The maximum atomic E-state index is 12.2. The van der Waals surface area contributed by atoms with Crippen LogP contribution in [-0.4, -0.2) is 24.3 Å². The minimum absolute atomic E-state index is 0.0193. The van der Waals surface area contributed by atoms with Crippen molar-refractivity contribution in [3.05, 3.63) is 35.9 Å². The van der Waals surface area contributed by atoms with Gasteiger partial charge in [0, 0.05) is 24.8 Å². The van der Waals surface area contributed by atoms with E-state index in [9.17, 15) is 4.79 Å². The molecule has 0 saturated carbocycles. The van der Waals surface area contributed by atoms with Gasteiger partial charge in [-0.05, 0) is 19.3 Å². The van der Waals surface area contributed by atoms with Crippen molar-refractivity contribution in [2.45, 2.75) is 50.4 Å². The molecule has 1 aromatic carbocycles. The summed E-state index contributed by atoms with van der Waals surface area (Å²) in [5.74, 6) is -0.210. The Morgan fingerprint density at radius 2 is 2.05 bits per heavy atom. The molecule has 3 rings (SSSR count). The summed E-state index contributed by atoms with van der Waals surface area (Å²) >= 11 is 0. The van der Waals surface area contributed by atoms with Crippen LogP contribution in [0.1, 0.15) is 48.9 Å². The molecular weight excluding hydrogens is 240 g/mol. The van der Waals surface area contributed by atoms with Crippen molar-refractivity contribution in [1.29, 1.82) is 0 Å². The molecule has 1 spiro atoms. The minimum atomic E-state index is -0.375. The standard InChI is InChI=1S/C16H20O3/c17-15(13-6-2-1-3-7-13)12-14-8-10-16(19-14)9-4-5-11-18-16/h1-3,6-7,14H,4-5,8-12H2/t14-,16+/m1/s1. The molecule has 0 radical (unpaired) electrons. The lowest BCUT2D eigenvalue weighted by Crippen LogP contribution is -2.36. The summed E-state index contributed by atoms with van der Waals surface area (Å²) in [5.41, 5.74) is 0.775. The van der Waals surface area contributed by atoms with Crippen molar-refractivity contribution in [2.24, 2.45) is 0 Å². The van der Waals surface area contributed by atoms with Crippen molar-refractivity contribution in [2.75, 3.05) is 6.61 Å². The van der Waals surface area contributed by atoms with Gasteiger partial charge >= 0.3 is 0 Å². The van der Waals surface area contributed by atoms with E-state index in [2.05, 4.69) is 0 Å². The maximum Gasteiger partial charge on any atom is 0.168 e. The minimum Gasteiger partial charge on any atom is -0.350 e. The van der Waals surface area contributed by atoms with Crippen molar-refractivity contribution < 1.29 is 14.3 Å². The van der Waals surface area contributed by atoms with Gasteiger partial charge in [-0.3, -0.25) is 4.79 Å². The number of hydrogen-bond acceptors (Lipinski definition) is 3. The van der Waals surface area contributed by atoms with Crippen LogP contribution in [0.5, 0.6) is 0 Å². The largest absolute Gasteiger partial charge is 0.350 e. The molecule has 102 valence electrons. The number of carbonyl (C=O) groups is 1. The predicted octanol–water partition coefficient (Wildman–Crippen LogP) is 3.34. The molecule has 2 heterocycles. The number of ketones is 1. The summed E-state index contributed by atoms with van der Waals surface area (Å²) in [6.45, 7) is 0.791. The Labute approximate surface area is 113 Å². The first-order chi connectivity index (χ1) is 9.27. The second-order valence-electron chi connectivity index (χ2n) is 5.49. The summed E-state index contributed by atoms with van der Waals surface area (Å²) in [6, 6.07) is 9.45. The lowest BCUT2D eigenvalue weighted by atomic mass is 10.0. The van der Waals surface area contributed by atoms with Gasteiger partial charge in [-0.2, -0.15) is 0 Å². The summed E-state index contributed by atoms with van der Waals surface area (Å²) in [5, 5.41) is 0. The molecule has 0 aromatic heterocycles. The van der Waals surface area contributed by atoms with Gasteiger partial charge in [0.1, 0.15) is 0 Å². The van der Waals surface area contributed by atoms with Gasteiger partial charge in [0.05, 0.1) is 12.7 Å². The zero-order chi connectivity index (χ0) is 13.1. The van der Waals surface area contributed by atoms with Gasteiger partial charge in [0.15, 0.2) is 11.6 Å². The first-order valence-corrected chi connectivity index (χ1v) is 7.17. The van der Waals surface area contributed by atoms with Crippen LogP contribution < -0.4 is 0 Å². The van der Waals surface area contributed by atoms with Crippen LogP contribution in [0, 0.1) is 0 Å². The van der Waals surface area contributed by atoms with Crippen LogP contribution in [0.4, 0.5) is 0 Å². The first kappa shape index (κ1) is 12.8. The van der Waals surface area contributed by atoms with E-state index in [1.807, 2.05) is 30.3 Å². The molecule has 3 heteroatoms. The number of carbonyl (C=O) groups excluding carboxylic acids is 1. The Morgan fingerprint density at radius 3 is 2.79 bits per heavy atom. The second-order valence-corrected chi connectivity index (χ2v) is 5.49. The van der Waals surface area contributed by atoms with E-state index >= 15 is 0 Å². The monoisotopic (exact) mass is 260 g/mol. The van der Waals surface area contributed by atoms with Crippen molar-refractivity contribution >= 4 is 5.78 Å². The van der Waals surface area contributed by atoms with Gasteiger partial charge < -0.3 is 9.47 Å². The Morgan fingerprint density at radius 1 is 1.21 bits per heavy atom. The molecule has 2 saturated heterocycles. The molecule has 2 aliphatic heterocycles. The van der Waals surface area contributed by atoms with E-state index in [0.29, 0.717) is 6.42 Å². The van der Waals surface area contributed by atoms with E-state index in [4.69, 9.17) is 9.47 Å². The van der Waals surface area contributed by atoms with E-state index in [1.54, 1.807) is 0 Å². The smallest absolute Gasteiger partial charge is 0.168 e. The maximum absolute atomic E-state index is 12.2. The third kappa shape index (κ3) is 2.88. The quantitative estimate of drug-likeness (QED) is 0.782. The molecule has 2 fully saturated rings. The Hall–Kier alpha value is -1.19. The Bertz CT molecular complexity index is 435. The van der Waals surface area contributed by atoms with Gasteiger partial charge in [-0.15, -0.1) is 0 Å². The molecule has 1 aromatic rings. The van der Waals surface area contributed by atoms with Crippen LogP contribution in [-0.2, 0) is 9.47 Å². The van der Waals surface area contributed by atoms with E-state index < -0.39 is 0 Å². The average Bonchev–Trinajstić information content (AvgIpc) is 2.83. The van der Waals surface area contributed by atoms with Crippen LogP contribution in [0.15, 0.2) is 30.3 Å². The van der Waals surface area contributed by atoms with E-state index in [-0.39, 0.29) is 17.7 Å². The lowest BCUT2D eigenvalue weighted by Gasteiger charge is -2.33. The Balaban J connectivity index is 1.58. The third-order valence-corrected chi connectivity index (χ3v) is 4.05. The summed E-state index contributed by atoms with van der Waals surface area (Å²) < 4.78 is 11.8. The number of rotatable bonds is 3. The van der Waals surface area contributed by atoms with Gasteiger partial charge in [-0.1, -0.05) is 30.3 Å². The first-order valence-electron chi connectivity index (χ1n) is 7.17. The zero-order valence-corrected chi connectivity index (χ0v) is 11.1. The summed E-state index contributed by atoms with van der Waals surface area (Å²) in [6.07, 6.45) is 5.61. The fourth-order valence-electron chi connectivity index (χ4n) is 3.01. The molecule has 0 aliphatic carbocycles. The SMILES string of the molecule is O=C(C[C@H]1CC[C@]2(CCCCO2)O1)c1ccccc1. The second kappa shape index (κ2) is 5.43. The molecule has 0 N–H and O–H groups in total. The van der Waals surface area contributed by atoms with Crippen molar-refractivity contribution in [3.63, 3.8) is 0 Å². The highest BCUT2D eigenvalue weighted by Gasteiger charge is 2.42. The van der Waals surface area contributed by atoms with Crippen LogP contribution in [0.2, 0.25) is 0 Å². The molecule has 0 unspecified atom stereocenters. The summed E-state index contributed by atoms with van der Waals surface area (Å²) in [4.78, 5) is 12.2. The fraction of sp³-hybridized carbons (Fsp3) is 0.562. The molecule has 2 aliphatic rings. The molecule has 3 nitrogen and oxygen atoms in total. The highest BCUT2D eigenvalue weighted by Crippen LogP contribution is 2.39. The molecule has 0 bridgehead atoms. The lowest BCUT2D eigenvalue weighted by molar-refractivity contribution is -0.244. The molecule has 19 heavy (non-hydrogen) atoms. The normalized spacial score (nSPS) is 30.6. The van der Waals surface area contributed by atoms with Gasteiger partial charge in [0.25, 0.3) is 0 Å².